The van der Waals surface area contributed by atoms with Gasteiger partial charge in [-0.1, -0.05) is 35.5 Å². The molecule has 2 aromatic rings. The molecule has 2 rings (SSSR count). The molecule has 0 N–H and O–H groups in total. The van der Waals surface area contributed by atoms with Crippen molar-refractivity contribution < 1.29 is 9.40 Å². The average Bonchev–Trinajstić information content (AvgIpc) is 2.38. The van der Waals surface area contributed by atoms with Crippen LogP contribution in [0.3, 0.4) is 0 Å². The molecule has 0 spiro atoms. The van der Waals surface area contributed by atoms with Gasteiger partial charge in [0.25, 0.3) is 0 Å². The van der Waals surface area contributed by atoms with Gasteiger partial charge in [-0.3, -0.25) is 0 Å². The third kappa shape index (κ3) is 2.50. The summed E-state index contributed by atoms with van der Waals surface area (Å²) in [4.78, 5) is 4.94. The maximum Gasteiger partial charge on any atom is 0.234 e. The van der Waals surface area contributed by atoms with Gasteiger partial charge in [-0.05, 0) is 6.07 Å². The highest BCUT2D eigenvalue weighted by Crippen LogP contribution is 2.07. The van der Waals surface area contributed by atoms with E-state index in [-0.39, 0.29) is 0 Å². The SMILES string of the molecule is CO/N=C(/c1ccccc1)c1cccc[n+]1C. The van der Waals surface area contributed by atoms with Crippen molar-refractivity contribution in [3.63, 3.8) is 0 Å². The first kappa shape index (κ1) is 11.3. The zero-order valence-corrected chi connectivity index (χ0v) is 10.00. The molecule has 0 bridgehead atoms. The standard InChI is InChI=1S/C14H15N2O/c1-16-11-7-6-10-13(16)14(15-17-2)12-8-4-3-5-9-12/h3-11H,1-2H3/q+1/b15-14-. The minimum Gasteiger partial charge on any atom is -0.398 e. The molecule has 0 fully saturated rings. The number of hydrogen-bond donors (Lipinski definition) is 0. The highest BCUT2D eigenvalue weighted by molar-refractivity contribution is 6.10. The lowest BCUT2D eigenvalue weighted by molar-refractivity contribution is -0.672. The molecular formula is C14H15N2O+. The molecule has 3 nitrogen and oxygen atoms in total. The van der Waals surface area contributed by atoms with Gasteiger partial charge < -0.3 is 4.84 Å². The molecule has 1 aromatic carbocycles. The Balaban J connectivity index is 2.52. The van der Waals surface area contributed by atoms with Crippen LogP contribution in [0, 0.1) is 0 Å². The van der Waals surface area contributed by atoms with Crippen LogP contribution in [0.5, 0.6) is 0 Å². The molecule has 0 amide bonds. The summed E-state index contributed by atoms with van der Waals surface area (Å²) in [6.45, 7) is 0. The Morgan fingerprint density at radius 2 is 1.76 bits per heavy atom. The van der Waals surface area contributed by atoms with Gasteiger partial charge in [-0.15, -0.1) is 0 Å². The maximum atomic E-state index is 4.94. The van der Waals surface area contributed by atoms with Gasteiger partial charge in [-0.25, -0.2) is 0 Å². The highest BCUT2D eigenvalue weighted by atomic mass is 16.6. The van der Waals surface area contributed by atoms with E-state index >= 15 is 0 Å². The molecule has 3 heteroatoms. The fraction of sp³-hybridized carbons (Fsp3) is 0.143. The minimum atomic E-state index is 0.830. The Kier molecular flexibility index (Phi) is 3.50. The summed E-state index contributed by atoms with van der Waals surface area (Å²) < 4.78 is 2.02. The van der Waals surface area contributed by atoms with Crippen molar-refractivity contribution in [3.05, 3.63) is 66.0 Å². The Bertz CT molecular complexity index is 521. The smallest absolute Gasteiger partial charge is 0.234 e. The second-order valence-electron chi connectivity index (χ2n) is 3.69. The van der Waals surface area contributed by atoms with Gasteiger partial charge in [0.2, 0.25) is 5.69 Å². The van der Waals surface area contributed by atoms with Crippen molar-refractivity contribution in [2.24, 2.45) is 12.2 Å². The van der Waals surface area contributed by atoms with E-state index < -0.39 is 0 Å². The number of pyridine rings is 1. The summed E-state index contributed by atoms with van der Waals surface area (Å²) in [7, 11) is 3.55. The van der Waals surface area contributed by atoms with Gasteiger partial charge in [0.1, 0.15) is 14.2 Å². The molecule has 0 saturated heterocycles. The first-order chi connectivity index (χ1) is 8.33. The normalized spacial score (nSPS) is 11.3. The van der Waals surface area contributed by atoms with Crippen molar-refractivity contribution in [1.82, 2.24) is 0 Å². The number of aromatic nitrogens is 1. The number of oxime groups is 1. The topological polar surface area (TPSA) is 25.5 Å². The monoisotopic (exact) mass is 227 g/mol. The van der Waals surface area contributed by atoms with E-state index in [0.717, 1.165) is 17.0 Å². The summed E-state index contributed by atoms with van der Waals surface area (Å²) >= 11 is 0. The third-order valence-corrected chi connectivity index (χ3v) is 2.53. The van der Waals surface area contributed by atoms with Crippen LogP contribution >= 0.6 is 0 Å². The van der Waals surface area contributed by atoms with Crippen LogP contribution in [0.1, 0.15) is 11.3 Å². The van der Waals surface area contributed by atoms with Gasteiger partial charge in [0.05, 0.1) is 0 Å². The van der Waals surface area contributed by atoms with Crippen molar-refractivity contribution in [2.75, 3.05) is 7.11 Å². The molecule has 0 aliphatic rings. The van der Waals surface area contributed by atoms with Crippen LogP contribution in [0.2, 0.25) is 0 Å². The summed E-state index contributed by atoms with van der Waals surface area (Å²) in [5.41, 5.74) is 2.88. The Labute approximate surface area is 101 Å². The quantitative estimate of drug-likeness (QED) is 0.447. The number of nitrogens with zero attached hydrogens (tertiary/aromatic N) is 2. The molecule has 0 radical (unpaired) electrons. The molecule has 86 valence electrons. The van der Waals surface area contributed by atoms with E-state index in [1.807, 2.05) is 66.3 Å². The predicted molar refractivity (Wildman–Crippen MR) is 66.7 cm³/mol. The van der Waals surface area contributed by atoms with Crippen LogP contribution in [0.4, 0.5) is 0 Å². The lowest BCUT2D eigenvalue weighted by Gasteiger charge is -2.03. The molecule has 0 aliphatic carbocycles. The number of rotatable bonds is 3. The van der Waals surface area contributed by atoms with Crippen LogP contribution in [-0.4, -0.2) is 12.8 Å². The van der Waals surface area contributed by atoms with Gasteiger partial charge in [0.15, 0.2) is 11.9 Å². The van der Waals surface area contributed by atoms with Gasteiger partial charge in [-0.2, -0.15) is 4.57 Å². The van der Waals surface area contributed by atoms with Crippen LogP contribution < -0.4 is 4.57 Å². The maximum absolute atomic E-state index is 4.94. The van der Waals surface area contributed by atoms with Crippen molar-refractivity contribution >= 4 is 5.71 Å². The Morgan fingerprint density at radius 1 is 1.06 bits per heavy atom. The molecule has 0 saturated carbocycles. The van der Waals surface area contributed by atoms with Crippen molar-refractivity contribution in [3.8, 4) is 0 Å². The van der Waals surface area contributed by atoms with Crippen LogP contribution in [-0.2, 0) is 11.9 Å². The zero-order valence-electron chi connectivity index (χ0n) is 10.00. The number of aryl methyl sites for hydroxylation is 1. The average molecular weight is 227 g/mol. The fourth-order valence-electron chi connectivity index (χ4n) is 1.70. The minimum absolute atomic E-state index is 0.830. The van der Waals surface area contributed by atoms with E-state index in [4.69, 9.17) is 4.84 Å². The lowest BCUT2D eigenvalue weighted by atomic mass is 10.1. The highest BCUT2D eigenvalue weighted by Gasteiger charge is 2.16. The zero-order chi connectivity index (χ0) is 12.1. The Hall–Kier alpha value is -2.16. The first-order valence-corrected chi connectivity index (χ1v) is 5.44. The molecule has 0 aliphatic heterocycles. The van der Waals surface area contributed by atoms with Gasteiger partial charge in [0, 0.05) is 17.7 Å². The predicted octanol–water partition coefficient (Wildman–Crippen LogP) is 1.91. The number of benzene rings is 1. The van der Waals surface area contributed by atoms with Gasteiger partial charge >= 0.3 is 0 Å². The van der Waals surface area contributed by atoms with E-state index in [9.17, 15) is 0 Å². The lowest BCUT2D eigenvalue weighted by Crippen LogP contribution is -2.36. The molecule has 1 aromatic heterocycles. The summed E-state index contributed by atoms with van der Waals surface area (Å²) in [6, 6.07) is 16.0. The first-order valence-electron chi connectivity index (χ1n) is 5.44. The van der Waals surface area contributed by atoms with E-state index in [2.05, 4.69) is 5.16 Å². The molecule has 0 unspecified atom stereocenters. The fourth-order valence-corrected chi connectivity index (χ4v) is 1.70. The van der Waals surface area contributed by atoms with Crippen molar-refractivity contribution in [1.29, 1.82) is 0 Å². The van der Waals surface area contributed by atoms with E-state index in [1.54, 1.807) is 7.11 Å². The molecule has 1 heterocycles. The molecule has 17 heavy (non-hydrogen) atoms. The summed E-state index contributed by atoms with van der Waals surface area (Å²) in [6.07, 6.45) is 1.99. The number of hydrogen-bond acceptors (Lipinski definition) is 2. The third-order valence-electron chi connectivity index (χ3n) is 2.53. The summed E-state index contributed by atoms with van der Waals surface area (Å²) in [5, 5.41) is 4.12. The second-order valence-corrected chi connectivity index (χ2v) is 3.69. The van der Waals surface area contributed by atoms with Crippen LogP contribution in [0.15, 0.2) is 59.9 Å². The van der Waals surface area contributed by atoms with E-state index in [1.165, 1.54) is 0 Å². The molecule has 0 atom stereocenters. The summed E-state index contributed by atoms with van der Waals surface area (Å²) in [5.74, 6) is 0. The van der Waals surface area contributed by atoms with E-state index in [0.29, 0.717) is 0 Å². The van der Waals surface area contributed by atoms with Crippen molar-refractivity contribution in [2.45, 2.75) is 0 Å². The Morgan fingerprint density at radius 3 is 2.41 bits per heavy atom. The molecular weight excluding hydrogens is 212 g/mol. The van der Waals surface area contributed by atoms with Crippen LogP contribution in [0.25, 0.3) is 0 Å². The largest absolute Gasteiger partial charge is 0.398 e. The second kappa shape index (κ2) is 5.25.